The summed E-state index contributed by atoms with van der Waals surface area (Å²) in [6, 6.07) is 5.31. The second-order valence-electron chi connectivity index (χ2n) is 8.48. The van der Waals surface area contributed by atoms with Gasteiger partial charge in [-0.15, -0.1) is 5.10 Å². The molecule has 2 aliphatic rings. The molecule has 9 nitrogen and oxygen atoms in total. The maximum Gasteiger partial charge on any atom is 0.266 e. The molecule has 1 aliphatic heterocycles. The number of nitrogens with zero attached hydrogens (tertiary/aromatic N) is 8. The van der Waals surface area contributed by atoms with Crippen molar-refractivity contribution in [1.82, 2.24) is 33.8 Å². The molecule has 0 atom stereocenters. The fourth-order valence-electron chi connectivity index (χ4n) is 4.16. The summed E-state index contributed by atoms with van der Waals surface area (Å²) >= 11 is 1.53. The predicted molar refractivity (Wildman–Crippen MR) is 120 cm³/mol. The van der Waals surface area contributed by atoms with E-state index in [0.29, 0.717) is 18.3 Å². The molecule has 0 radical (unpaired) electrons. The summed E-state index contributed by atoms with van der Waals surface area (Å²) in [6.45, 7) is 9.08. The average molecular weight is 441 g/mol. The monoisotopic (exact) mass is 440 g/mol. The van der Waals surface area contributed by atoms with E-state index in [0.717, 1.165) is 55.1 Å². The van der Waals surface area contributed by atoms with E-state index < -0.39 is 0 Å². The van der Waals surface area contributed by atoms with Gasteiger partial charge < -0.3 is 4.90 Å². The summed E-state index contributed by atoms with van der Waals surface area (Å²) in [4.78, 5) is 21.8. The number of piperazine rings is 1. The molecular formula is C21H28N8OS. The fraction of sp³-hybridized carbons (Fsp3) is 0.571. The van der Waals surface area contributed by atoms with Gasteiger partial charge in [-0.05, 0) is 38.8 Å². The van der Waals surface area contributed by atoms with Crippen LogP contribution in [0.15, 0.2) is 23.0 Å². The minimum absolute atomic E-state index is 0.0821. The van der Waals surface area contributed by atoms with Crippen LogP contribution in [0.5, 0.6) is 0 Å². The Balaban J connectivity index is 1.18. The molecule has 1 saturated carbocycles. The van der Waals surface area contributed by atoms with E-state index in [4.69, 9.17) is 4.98 Å². The van der Waals surface area contributed by atoms with Crippen molar-refractivity contribution < 1.29 is 0 Å². The zero-order chi connectivity index (χ0) is 21.4. The third kappa shape index (κ3) is 4.27. The highest BCUT2D eigenvalue weighted by molar-refractivity contribution is 7.09. The molecule has 0 N–H and O–H groups in total. The Morgan fingerprint density at radius 1 is 1.06 bits per heavy atom. The van der Waals surface area contributed by atoms with Crippen LogP contribution in [0.1, 0.15) is 42.4 Å². The molecule has 164 valence electrons. The Labute approximate surface area is 185 Å². The van der Waals surface area contributed by atoms with Crippen molar-refractivity contribution in [3.63, 3.8) is 0 Å². The lowest BCUT2D eigenvalue weighted by molar-refractivity contribution is 0.242. The Morgan fingerprint density at radius 3 is 2.55 bits per heavy atom. The molecule has 3 aromatic rings. The van der Waals surface area contributed by atoms with Crippen LogP contribution in [0.4, 0.5) is 5.13 Å². The van der Waals surface area contributed by atoms with E-state index in [-0.39, 0.29) is 5.56 Å². The predicted octanol–water partition coefficient (Wildman–Crippen LogP) is 1.99. The van der Waals surface area contributed by atoms with E-state index in [1.54, 1.807) is 21.5 Å². The van der Waals surface area contributed by atoms with Crippen LogP contribution < -0.4 is 10.5 Å². The zero-order valence-electron chi connectivity index (χ0n) is 18.1. The largest absolute Gasteiger partial charge is 0.344 e. The van der Waals surface area contributed by atoms with Gasteiger partial charge in [0.1, 0.15) is 5.82 Å². The average Bonchev–Trinajstić information content (AvgIpc) is 3.33. The number of anilines is 1. The first-order valence-electron chi connectivity index (χ1n) is 11.0. The zero-order valence-corrected chi connectivity index (χ0v) is 18.9. The maximum atomic E-state index is 12.3. The Kier molecular flexibility index (Phi) is 5.58. The number of rotatable bonds is 6. The third-order valence-corrected chi connectivity index (χ3v) is 7.04. The summed E-state index contributed by atoms with van der Waals surface area (Å²) in [5, 5.41) is 10.1. The fourth-order valence-corrected chi connectivity index (χ4v) is 4.96. The molecule has 3 aromatic heterocycles. The van der Waals surface area contributed by atoms with E-state index in [2.05, 4.69) is 24.4 Å². The summed E-state index contributed by atoms with van der Waals surface area (Å²) in [6.07, 6.45) is 3.77. The Hall–Kier alpha value is -2.59. The Bertz CT molecular complexity index is 1110. The third-order valence-electron chi connectivity index (χ3n) is 6.25. The summed E-state index contributed by atoms with van der Waals surface area (Å²) in [5.74, 6) is 2.30. The van der Waals surface area contributed by atoms with Crippen molar-refractivity contribution in [1.29, 1.82) is 0 Å². The topological polar surface area (TPSA) is 85.0 Å². The summed E-state index contributed by atoms with van der Waals surface area (Å²) in [7, 11) is 0. The minimum Gasteiger partial charge on any atom is -0.344 e. The number of hydrogen-bond donors (Lipinski definition) is 0. The molecule has 1 aliphatic carbocycles. The van der Waals surface area contributed by atoms with Crippen LogP contribution in [0.2, 0.25) is 0 Å². The number of hydrogen-bond acceptors (Lipinski definition) is 8. The van der Waals surface area contributed by atoms with Crippen molar-refractivity contribution in [3.05, 3.63) is 45.8 Å². The van der Waals surface area contributed by atoms with Crippen LogP contribution >= 0.6 is 11.5 Å². The van der Waals surface area contributed by atoms with Crippen molar-refractivity contribution in [3.8, 4) is 5.82 Å². The quantitative estimate of drug-likeness (QED) is 0.579. The van der Waals surface area contributed by atoms with E-state index in [1.165, 1.54) is 30.8 Å². The smallest absolute Gasteiger partial charge is 0.266 e. The van der Waals surface area contributed by atoms with Crippen LogP contribution in [-0.4, -0.2) is 66.5 Å². The molecule has 0 spiro atoms. The van der Waals surface area contributed by atoms with Crippen molar-refractivity contribution >= 4 is 16.7 Å². The normalized spacial score (nSPS) is 17.8. The highest BCUT2D eigenvalue weighted by Gasteiger charge is 2.26. The first-order chi connectivity index (χ1) is 15.1. The second-order valence-corrected chi connectivity index (χ2v) is 9.21. The second kappa shape index (κ2) is 8.51. The van der Waals surface area contributed by atoms with Gasteiger partial charge in [0.2, 0.25) is 5.13 Å². The van der Waals surface area contributed by atoms with Gasteiger partial charge in [-0.3, -0.25) is 9.69 Å². The van der Waals surface area contributed by atoms with Crippen LogP contribution in [0.3, 0.4) is 0 Å². The molecule has 1 saturated heterocycles. The SMILES string of the molecule is Cc1cc(C)n(-c2ccc(=O)n(CCN3CCN(c4nc(C5CCC5)ns4)CC3)n2)n1. The minimum atomic E-state index is -0.0821. The summed E-state index contributed by atoms with van der Waals surface area (Å²) in [5.41, 5.74) is 1.86. The standard InChI is InChI=1S/C21H28N8OS/c1-15-14-16(2)29(23-15)18-6-7-19(30)28(24-18)13-10-26-8-11-27(12-9-26)21-22-20(25-31-21)17-4-3-5-17/h6-7,14,17H,3-5,8-13H2,1-2H3. The number of aromatic nitrogens is 6. The molecule has 0 unspecified atom stereocenters. The lowest BCUT2D eigenvalue weighted by Gasteiger charge is -2.34. The van der Waals surface area contributed by atoms with Gasteiger partial charge in [0, 0.05) is 61.9 Å². The maximum absolute atomic E-state index is 12.3. The molecule has 0 aromatic carbocycles. The van der Waals surface area contributed by atoms with Gasteiger partial charge >= 0.3 is 0 Å². The first-order valence-corrected chi connectivity index (χ1v) is 11.8. The molecule has 0 amide bonds. The highest BCUT2D eigenvalue weighted by Crippen LogP contribution is 2.36. The van der Waals surface area contributed by atoms with Gasteiger partial charge in [-0.1, -0.05) is 6.42 Å². The van der Waals surface area contributed by atoms with Gasteiger partial charge in [0.05, 0.1) is 12.2 Å². The van der Waals surface area contributed by atoms with Crippen LogP contribution in [-0.2, 0) is 6.54 Å². The summed E-state index contributed by atoms with van der Waals surface area (Å²) < 4.78 is 7.91. The molecule has 4 heterocycles. The van der Waals surface area contributed by atoms with Crippen molar-refractivity contribution in [2.45, 2.75) is 45.6 Å². The van der Waals surface area contributed by atoms with Gasteiger partial charge in [0.15, 0.2) is 5.82 Å². The van der Waals surface area contributed by atoms with E-state index >= 15 is 0 Å². The molecular weight excluding hydrogens is 412 g/mol. The van der Waals surface area contributed by atoms with E-state index in [1.807, 2.05) is 19.9 Å². The molecule has 31 heavy (non-hydrogen) atoms. The molecule has 2 fully saturated rings. The molecule has 10 heteroatoms. The number of aryl methyl sites for hydroxylation is 2. The Morgan fingerprint density at radius 2 is 1.87 bits per heavy atom. The van der Waals surface area contributed by atoms with Crippen LogP contribution in [0.25, 0.3) is 5.82 Å². The molecule has 0 bridgehead atoms. The van der Waals surface area contributed by atoms with Crippen molar-refractivity contribution in [2.24, 2.45) is 0 Å². The lowest BCUT2D eigenvalue weighted by atomic mass is 9.85. The van der Waals surface area contributed by atoms with Gasteiger partial charge in [0.25, 0.3) is 5.56 Å². The first kappa shape index (κ1) is 20.3. The lowest BCUT2D eigenvalue weighted by Crippen LogP contribution is -2.47. The van der Waals surface area contributed by atoms with Gasteiger partial charge in [-0.2, -0.15) is 9.47 Å². The molecule has 5 rings (SSSR count). The van der Waals surface area contributed by atoms with E-state index in [9.17, 15) is 4.79 Å². The van der Waals surface area contributed by atoms with Crippen molar-refractivity contribution in [2.75, 3.05) is 37.6 Å². The highest BCUT2D eigenvalue weighted by atomic mass is 32.1. The van der Waals surface area contributed by atoms with Gasteiger partial charge in [-0.25, -0.2) is 14.3 Å². The van der Waals surface area contributed by atoms with Crippen LogP contribution in [0, 0.1) is 13.8 Å².